The Kier molecular flexibility index (Phi) is 4.23. The van der Waals surface area contributed by atoms with E-state index in [1.54, 1.807) is 0 Å². The molecule has 94 valence electrons. The zero-order valence-corrected chi connectivity index (χ0v) is 10.5. The highest BCUT2D eigenvalue weighted by Crippen LogP contribution is 2.41. The predicted molar refractivity (Wildman–Crippen MR) is 65.1 cm³/mol. The Balaban J connectivity index is 3.41. The van der Waals surface area contributed by atoms with Gasteiger partial charge in [-0.2, -0.15) is 0 Å². The lowest BCUT2D eigenvalue weighted by molar-refractivity contribution is 0.0692. The lowest BCUT2D eigenvalue weighted by Crippen LogP contribution is -2.03. The van der Waals surface area contributed by atoms with E-state index in [4.69, 9.17) is 16.7 Å². The van der Waals surface area contributed by atoms with Gasteiger partial charge in [-0.3, -0.25) is 0 Å². The molecule has 1 aromatic carbocycles. The maximum atomic E-state index is 10.9. The van der Waals surface area contributed by atoms with Gasteiger partial charge in [-0.1, -0.05) is 24.9 Å². The van der Waals surface area contributed by atoms with Gasteiger partial charge in [0, 0.05) is 5.56 Å². The van der Waals surface area contributed by atoms with Crippen LogP contribution in [0.25, 0.3) is 0 Å². The van der Waals surface area contributed by atoms with Crippen molar-refractivity contribution in [1.82, 2.24) is 0 Å². The number of aromatic carboxylic acids is 1. The van der Waals surface area contributed by atoms with Gasteiger partial charge in [0.25, 0.3) is 0 Å². The van der Waals surface area contributed by atoms with Crippen molar-refractivity contribution < 1.29 is 20.1 Å². The maximum absolute atomic E-state index is 10.9. The van der Waals surface area contributed by atoms with E-state index in [2.05, 4.69) is 0 Å². The fraction of sp³-hybridized carbons (Fsp3) is 0.417. The minimum Gasteiger partial charge on any atom is -0.504 e. The summed E-state index contributed by atoms with van der Waals surface area (Å²) >= 11 is 6.02. The molecular weight excluding hydrogens is 244 g/mol. The number of phenols is 2. The van der Waals surface area contributed by atoms with Crippen LogP contribution in [0.2, 0.25) is 5.02 Å². The summed E-state index contributed by atoms with van der Waals surface area (Å²) in [6.07, 6.45) is 2.23. The summed E-state index contributed by atoms with van der Waals surface area (Å²) in [5.74, 6) is -2.34. The molecule has 1 aromatic rings. The molecule has 0 bridgehead atoms. The first-order valence-corrected chi connectivity index (χ1v) is 5.75. The summed E-state index contributed by atoms with van der Waals surface area (Å²) < 4.78 is 0. The zero-order valence-electron chi connectivity index (χ0n) is 9.75. The minimum absolute atomic E-state index is 0.214. The molecule has 0 spiro atoms. The first-order valence-electron chi connectivity index (χ1n) is 5.37. The van der Waals surface area contributed by atoms with Gasteiger partial charge in [-0.25, -0.2) is 4.79 Å². The predicted octanol–water partition coefficient (Wildman–Crippen LogP) is 3.10. The molecule has 0 aliphatic rings. The first kappa shape index (κ1) is 13.6. The van der Waals surface area contributed by atoms with Crippen molar-refractivity contribution >= 4 is 17.6 Å². The van der Waals surface area contributed by atoms with Crippen LogP contribution in [-0.2, 0) is 6.42 Å². The lowest BCUT2D eigenvalue weighted by Gasteiger charge is -2.14. The quantitative estimate of drug-likeness (QED) is 0.725. The van der Waals surface area contributed by atoms with E-state index in [1.807, 2.05) is 6.92 Å². The molecule has 17 heavy (non-hydrogen) atoms. The minimum atomic E-state index is -1.31. The number of carbonyl (C=O) groups is 1. The second-order valence-corrected chi connectivity index (χ2v) is 4.28. The van der Waals surface area contributed by atoms with E-state index in [1.165, 1.54) is 6.92 Å². The standard InChI is InChI=1S/C12H15ClO4/c1-3-4-5-7-9(13)6(2)8(12(16)17)11(15)10(7)14/h14-15H,3-5H2,1-2H3,(H,16,17). The number of phenolic OH excluding ortho intramolecular Hbond substituents is 1. The second-order valence-electron chi connectivity index (χ2n) is 3.90. The SMILES string of the molecule is CCCCc1c(O)c(O)c(C(=O)O)c(C)c1Cl. The molecule has 5 heteroatoms. The number of unbranched alkanes of at least 4 members (excludes halogenated alkanes) is 1. The summed E-state index contributed by atoms with van der Waals surface area (Å²) in [6.45, 7) is 3.50. The number of aromatic hydroxyl groups is 2. The van der Waals surface area contributed by atoms with Crippen molar-refractivity contribution in [2.24, 2.45) is 0 Å². The Bertz CT molecular complexity index is 425. The summed E-state index contributed by atoms with van der Waals surface area (Å²) in [6, 6.07) is 0. The highest BCUT2D eigenvalue weighted by molar-refractivity contribution is 6.33. The van der Waals surface area contributed by atoms with Crippen molar-refractivity contribution in [2.45, 2.75) is 33.1 Å². The Morgan fingerprint density at radius 3 is 2.35 bits per heavy atom. The van der Waals surface area contributed by atoms with E-state index < -0.39 is 17.5 Å². The molecule has 3 N–H and O–H groups in total. The van der Waals surface area contributed by atoms with Crippen LogP contribution >= 0.6 is 11.6 Å². The molecule has 0 saturated carbocycles. The number of halogens is 1. The van der Waals surface area contributed by atoms with Gasteiger partial charge >= 0.3 is 5.97 Å². The molecular formula is C12H15ClO4. The van der Waals surface area contributed by atoms with Crippen molar-refractivity contribution in [3.63, 3.8) is 0 Å². The van der Waals surface area contributed by atoms with E-state index >= 15 is 0 Å². The smallest absolute Gasteiger partial charge is 0.339 e. The molecule has 4 nitrogen and oxygen atoms in total. The van der Waals surface area contributed by atoms with Crippen LogP contribution in [0.1, 0.15) is 41.3 Å². The Hall–Kier alpha value is -1.42. The molecule has 0 atom stereocenters. The molecule has 0 aliphatic carbocycles. The topological polar surface area (TPSA) is 77.8 Å². The van der Waals surface area contributed by atoms with E-state index in [0.717, 1.165) is 12.8 Å². The number of benzene rings is 1. The highest BCUT2D eigenvalue weighted by atomic mass is 35.5. The Morgan fingerprint density at radius 1 is 1.29 bits per heavy atom. The molecule has 0 saturated heterocycles. The van der Waals surface area contributed by atoms with Crippen LogP contribution in [-0.4, -0.2) is 21.3 Å². The van der Waals surface area contributed by atoms with Crippen molar-refractivity contribution in [3.05, 3.63) is 21.7 Å². The van der Waals surface area contributed by atoms with E-state index in [-0.39, 0.29) is 16.1 Å². The third-order valence-corrected chi connectivity index (χ3v) is 3.22. The molecule has 0 fully saturated rings. The van der Waals surface area contributed by atoms with Gasteiger partial charge < -0.3 is 15.3 Å². The van der Waals surface area contributed by atoms with Crippen molar-refractivity contribution in [3.8, 4) is 11.5 Å². The van der Waals surface area contributed by atoms with E-state index in [0.29, 0.717) is 12.0 Å². The Labute approximate surface area is 104 Å². The van der Waals surface area contributed by atoms with Crippen LogP contribution in [0.3, 0.4) is 0 Å². The van der Waals surface area contributed by atoms with Gasteiger partial charge in [0.2, 0.25) is 0 Å². The molecule has 1 rings (SSSR count). The largest absolute Gasteiger partial charge is 0.504 e. The van der Waals surface area contributed by atoms with Crippen molar-refractivity contribution in [1.29, 1.82) is 0 Å². The molecule has 0 unspecified atom stereocenters. The van der Waals surface area contributed by atoms with Crippen LogP contribution in [0.4, 0.5) is 0 Å². The summed E-state index contributed by atoms with van der Waals surface area (Å²) in [7, 11) is 0. The monoisotopic (exact) mass is 258 g/mol. The van der Waals surface area contributed by atoms with Gasteiger partial charge in [0.05, 0.1) is 5.02 Å². The highest BCUT2D eigenvalue weighted by Gasteiger charge is 2.23. The average Bonchev–Trinajstić information content (AvgIpc) is 2.26. The number of carboxylic acids is 1. The summed E-state index contributed by atoms with van der Waals surface area (Å²) in [5.41, 5.74) is 0.349. The molecule has 0 amide bonds. The second kappa shape index (κ2) is 5.27. The van der Waals surface area contributed by atoms with Crippen LogP contribution in [0.5, 0.6) is 11.5 Å². The third-order valence-electron chi connectivity index (χ3n) is 2.71. The number of hydrogen-bond acceptors (Lipinski definition) is 3. The van der Waals surface area contributed by atoms with Crippen LogP contribution < -0.4 is 0 Å². The number of rotatable bonds is 4. The summed E-state index contributed by atoms with van der Waals surface area (Å²) in [5, 5.41) is 28.6. The van der Waals surface area contributed by atoms with Gasteiger partial charge in [0.1, 0.15) is 5.56 Å². The summed E-state index contributed by atoms with van der Waals surface area (Å²) in [4.78, 5) is 10.9. The fourth-order valence-corrected chi connectivity index (χ4v) is 2.00. The molecule has 0 aromatic heterocycles. The fourth-order valence-electron chi connectivity index (χ4n) is 1.72. The normalized spacial score (nSPS) is 10.5. The molecule has 0 heterocycles. The van der Waals surface area contributed by atoms with Gasteiger partial charge in [0.15, 0.2) is 11.5 Å². The average molecular weight is 259 g/mol. The third kappa shape index (κ3) is 2.47. The lowest BCUT2D eigenvalue weighted by atomic mass is 9.99. The van der Waals surface area contributed by atoms with Crippen LogP contribution in [0.15, 0.2) is 0 Å². The van der Waals surface area contributed by atoms with Crippen LogP contribution in [0, 0.1) is 6.92 Å². The Morgan fingerprint density at radius 2 is 1.88 bits per heavy atom. The maximum Gasteiger partial charge on any atom is 0.339 e. The van der Waals surface area contributed by atoms with Gasteiger partial charge in [-0.15, -0.1) is 0 Å². The number of carboxylic acid groups (broad SMARTS) is 1. The first-order chi connectivity index (χ1) is 7.91. The zero-order chi connectivity index (χ0) is 13.2. The molecule has 0 aliphatic heterocycles. The number of hydrogen-bond donors (Lipinski definition) is 3. The van der Waals surface area contributed by atoms with Gasteiger partial charge in [-0.05, 0) is 25.3 Å². The van der Waals surface area contributed by atoms with Crippen molar-refractivity contribution in [2.75, 3.05) is 0 Å². The van der Waals surface area contributed by atoms with E-state index in [9.17, 15) is 15.0 Å². The molecule has 0 radical (unpaired) electrons.